The summed E-state index contributed by atoms with van der Waals surface area (Å²) >= 11 is 5.93. The van der Waals surface area contributed by atoms with Crippen molar-refractivity contribution < 1.29 is 33.0 Å². The second-order valence-corrected chi connectivity index (χ2v) is 7.46. The van der Waals surface area contributed by atoms with Crippen LogP contribution in [0.4, 0.5) is 9.18 Å². The fourth-order valence-corrected chi connectivity index (χ4v) is 3.31. The smallest absolute Gasteiger partial charge is 0.338 e. The molecule has 2 aromatic carbocycles. The van der Waals surface area contributed by atoms with Crippen LogP contribution >= 0.6 is 11.6 Å². The van der Waals surface area contributed by atoms with Gasteiger partial charge in [-0.3, -0.25) is 9.59 Å². The molecule has 1 heterocycles. The summed E-state index contributed by atoms with van der Waals surface area (Å²) in [5.41, 5.74) is 0.408. The Morgan fingerprint density at radius 3 is 2.47 bits per heavy atom. The highest BCUT2D eigenvalue weighted by atomic mass is 35.5. The maximum atomic E-state index is 13.7. The summed E-state index contributed by atoms with van der Waals surface area (Å²) in [7, 11) is 0. The van der Waals surface area contributed by atoms with Crippen molar-refractivity contribution in [1.82, 2.24) is 16.0 Å². The van der Waals surface area contributed by atoms with Crippen molar-refractivity contribution in [1.29, 1.82) is 0 Å². The zero-order valence-electron chi connectivity index (χ0n) is 18.0. The molecule has 0 spiro atoms. The Balaban J connectivity index is 1.74. The van der Waals surface area contributed by atoms with E-state index in [2.05, 4.69) is 16.0 Å². The zero-order valence-corrected chi connectivity index (χ0v) is 18.8. The quantitative estimate of drug-likeness (QED) is 0.490. The van der Waals surface area contributed by atoms with E-state index in [0.717, 1.165) is 6.07 Å². The topological polar surface area (TPSA) is 123 Å². The molecule has 1 atom stereocenters. The predicted octanol–water partition coefficient (Wildman–Crippen LogP) is 2.62. The Hall–Kier alpha value is -3.92. The predicted molar refractivity (Wildman–Crippen MR) is 119 cm³/mol. The lowest BCUT2D eigenvalue weighted by Gasteiger charge is -2.29. The lowest BCUT2D eigenvalue weighted by Crippen LogP contribution is -2.47. The molecule has 3 amide bonds. The SMILES string of the molecule is CCOC(=O)C1=C(COC(=O)CNC(=O)c2ccccc2F)NC(=O)NC1c1ccc(Cl)cc1. The molecule has 1 aliphatic heterocycles. The van der Waals surface area contributed by atoms with Gasteiger partial charge in [-0.25, -0.2) is 14.0 Å². The number of esters is 2. The number of halogens is 2. The highest BCUT2D eigenvalue weighted by molar-refractivity contribution is 6.30. The van der Waals surface area contributed by atoms with Gasteiger partial charge in [-0.1, -0.05) is 35.9 Å². The second-order valence-electron chi connectivity index (χ2n) is 7.02. The molecule has 1 unspecified atom stereocenters. The van der Waals surface area contributed by atoms with Crippen LogP contribution in [0.3, 0.4) is 0 Å². The van der Waals surface area contributed by atoms with Gasteiger partial charge in [0.2, 0.25) is 0 Å². The molecule has 3 N–H and O–H groups in total. The normalized spacial score (nSPS) is 15.1. The molecule has 34 heavy (non-hydrogen) atoms. The third-order valence-electron chi connectivity index (χ3n) is 4.74. The molecule has 9 nitrogen and oxygen atoms in total. The highest BCUT2D eigenvalue weighted by Crippen LogP contribution is 2.28. The third kappa shape index (κ3) is 6.10. The minimum Gasteiger partial charge on any atom is -0.463 e. The molecule has 1 aliphatic rings. The van der Waals surface area contributed by atoms with Crippen LogP contribution in [0.15, 0.2) is 59.8 Å². The summed E-state index contributed by atoms with van der Waals surface area (Å²) < 4.78 is 23.9. The number of urea groups is 1. The molecule has 11 heteroatoms. The number of ether oxygens (including phenoxy) is 2. The van der Waals surface area contributed by atoms with E-state index in [-0.39, 0.29) is 23.4 Å². The maximum Gasteiger partial charge on any atom is 0.338 e. The number of rotatable bonds is 8. The molecule has 0 saturated heterocycles. The van der Waals surface area contributed by atoms with Crippen molar-refractivity contribution in [3.05, 3.63) is 81.8 Å². The van der Waals surface area contributed by atoms with E-state index in [1.165, 1.54) is 18.2 Å². The average molecular weight is 490 g/mol. The largest absolute Gasteiger partial charge is 0.463 e. The number of benzene rings is 2. The molecule has 178 valence electrons. The standard InChI is InChI=1S/C23H21ClFN3O6/c1-2-33-22(31)19-17(27-23(32)28-20(19)13-7-9-14(24)10-8-13)12-34-18(29)11-26-21(30)15-5-3-4-6-16(15)25/h3-10,20H,2,11-12H2,1H3,(H,26,30)(H2,27,28,32). The molecular weight excluding hydrogens is 469 g/mol. The van der Waals surface area contributed by atoms with Gasteiger partial charge in [0.25, 0.3) is 5.91 Å². The van der Waals surface area contributed by atoms with E-state index in [9.17, 15) is 23.6 Å². The number of hydrogen-bond donors (Lipinski definition) is 3. The van der Waals surface area contributed by atoms with E-state index in [1.807, 2.05) is 0 Å². The fraction of sp³-hybridized carbons (Fsp3) is 0.217. The minimum absolute atomic E-state index is 0.0240. The van der Waals surface area contributed by atoms with Gasteiger partial charge in [-0.05, 0) is 36.8 Å². The van der Waals surface area contributed by atoms with Crippen molar-refractivity contribution in [2.24, 2.45) is 0 Å². The summed E-state index contributed by atoms with van der Waals surface area (Å²) in [6.07, 6.45) is 0. The summed E-state index contributed by atoms with van der Waals surface area (Å²) in [5, 5.41) is 7.82. The van der Waals surface area contributed by atoms with Crippen LogP contribution < -0.4 is 16.0 Å². The molecule has 0 radical (unpaired) electrons. The summed E-state index contributed by atoms with van der Waals surface area (Å²) in [4.78, 5) is 49.1. The number of carbonyl (C=O) groups is 4. The van der Waals surface area contributed by atoms with E-state index in [0.29, 0.717) is 10.6 Å². The third-order valence-corrected chi connectivity index (χ3v) is 4.99. The van der Waals surface area contributed by atoms with E-state index in [1.54, 1.807) is 31.2 Å². The van der Waals surface area contributed by atoms with E-state index >= 15 is 0 Å². The molecule has 0 fully saturated rings. The highest BCUT2D eigenvalue weighted by Gasteiger charge is 2.34. The van der Waals surface area contributed by atoms with Gasteiger partial charge in [0.1, 0.15) is 19.0 Å². The van der Waals surface area contributed by atoms with Crippen LogP contribution in [0.2, 0.25) is 5.02 Å². The number of nitrogens with one attached hydrogen (secondary N) is 3. The molecular formula is C23H21ClFN3O6. The number of hydrogen-bond acceptors (Lipinski definition) is 6. The molecule has 0 bridgehead atoms. The molecule has 0 aromatic heterocycles. The Kier molecular flexibility index (Phi) is 8.20. The van der Waals surface area contributed by atoms with Crippen molar-refractivity contribution in [2.45, 2.75) is 13.0 Å². The molecule has 0 saturated carbocycles. The summed E-state index contributed by atoms with van der Waals surface area (Å²) in [6, 6.07) is 10.3. The summed E-state index contributed by atoms with van der Waals surface area (Å²) in [6.45, 7) is 0.684. The first-order chi connectivity index (χ1) is 16.3. The number of amides is 3. The molecule has 0 aliphatic carbocycles. The monoisotopic (exact) mass is 489 g/mol. The maximum absolute atomic E-state index is 13.7. The van der Waals surface area contributed by atoms with Gasteiger partial charge in [0.05, 0.1) is 29.5 Å². The van der Waals surface area contributed by atoms with Crippen molar-refractivity contribution in [3.63, 3.8) is 0 Å². The lowest BCUT2D eigenvalue weighted by atomic mass is 9.95. The first-order valence-corrected chi connectivity index (χ1v) is 10.6. The van der Waals surface area contributed by atoms with Crippen molar-refractivity contribution >= 4 is 35.5 Å². The Labute approximate surface area is 199 Å². The minimum atomic E-state index is -0.875. The van der Waals surface area contributed by atoms with Crippen LogP contribution in [0.1, 0.15) is 28.9 Å². The first-order valence-electron chi connectivity index (χ1n) is 10.2. The lowest BCUT2D eigenvalue weighted by molar-refractivity contribution is -0.142. The van der Waals surface area contributed by atoms with Crippen LogP contribution in [-0.2, 0) is 19.1 Å². The Morgan fingerprint density at radius 2 is 1.79 bits per heavy atom. The molecule has 2 aromatic rings. The number of carbonyl (C=O) groups excluding carboxylic acids is 4. The van der Waals surface area contributed by atoms with Gasteiger partial charge in [-0.15, -0.1) is 0 Å². The Bertz CT molecular complexity index is 1140. The van der Waals surface area contributed by atoms with Crippen LogP contribution in [-0.4, -0.2) is 43.6 Å². The average Bonchev–Trinajstić information content (AvgIpc) is 2.81. The van der Waals surface area contributed by atoms with Crippen molar-refractivity contribution in [2.75, 3.05) is 19.8 Å². The fourth-order valence-electron chi connectivity index (χ4n) is 3.18. The molecule has 3 rings (SSSR count). The summed E-state index contributed by atoms with van der Waals surface area (Å²) in [5.74, 6) is -3.10. The van der Waals surface area contributed by atoms with Gasteiger partial charge in [0, 0.05) is 5.02 Å². The van der Waals surface area contributed by atoms with Gasteiger partial charge >= 0.3 is 18.0 Å². The first kappa shape index (κ1) is 24.7. The van der Waals surface area contributed by atoms with E-state index < -0.39 is 48.9 Å². The van der Waals surface area contributed by atoms with Crippen LogP contribution in [0, 0.1) is 5.82 Å². The van der Waals surface area contributed by atoms with Crippen LogP contribution in [0.25, 0.3) is 0 Å². The Morgan fingerprint density at radius 1 is 1.09 bits per heavy atom. The van der Waals surface area contributed by atoms with Gasteiger partial charge in [-0.2, -0.15) is 0 Å². The second kappa shape index (κ2) is 11.3. The van der Waals surface area contributed by atoms with Crippen LogP contribution in [0.5, 0.6) is 0 Å². The van der Waals surface area contributed by atoms with E-state index in [4.69, 9.17) is 21.1 Å². The van der Waals surface area contributed by atoms with Crippen molar-refractivity contribution in [3.8, 4) is 0 Å². The van der Waals surface area contributed by atoms with Gasteiger partial charge in [0.15, 0.2) is 0 Å². The van der Waals surface area contributed by atoms with Gasteiger partial charge < -0.3 is 25.4 Å². The zero-order chi connectivity index (χ0) is 24.7.